The number of aryl methyl sites for hydroxylation is 1. The van der Waals surface area contributed by atoms with Crippen molar-refractivity contribution in [1.29, 1.82) is 0 Å². The van der Waals surface area contributed by atoms with Gasteiger partial charge in [-0.1, -0.05) is 6.07 Å². The van der Waals surface area contributed by atoms with Gasteiger partial charge in [-0.05, 0) is 23.7 Å². The van der Waals surface area contributed by atoms with Gasteiger partial charge in [-0.15, -0.1) is 4.91 Å². The largest absolute Gasteiger partial charge is 0.298 e. The number of nitrogens with zero attached hydrogens (tertiary/aromatic N) is 2. The second-order valence-electron chi connectivity index (χ2n) is 2.34. The Bertz CT molecular complexity index is 335. The van der Waals surface area contributed by atoms with Gasteiger partial charge in [-0.2, -0.15) is 0 Å². The molecule has 5 heteroatoms. The van der Waals surface area contributed by atoms with Crippen molar-refractivity contribution in [2.75, 3.05) is 0 Å². The monoisotopic (exact) mass is 166 g/mol. The number of hydrogen-bond donors (Lipinski definition) is 0. The molecule has 1 aromatic carbocycles. The average Bonchev–Trinajstić information content (AvgIpc) is 2.04. The molecule has 0 aliphatic carbocycles. The lowest BCUT2D eigenvalue weighted by molar-refractivity contribution is -0.384. The Morgan fingerprint density at radius 3 is 2.67 bits per heavy atom. The highest BCUT2D eigenvalue weighted by Crippen LogP contribution is 2.27. The van der Waals surface area contributed by atoms with Gasteiger partial charge in [0.15, 0.2) is 5.69 Å². The number of nitro groups is 1. The zero-order valence-electron chi connectivity index (χ0n) is 6.35. The Morgan fingerprint density at radius 1 is 1.50 bits per heavy atom. The molecule has 0 fully saturated rings. The van der Waals surface area contributed by atoms with Crippen molar-refractivity contribution in [3.05, 3.63) is 38.8 Å². The molecule has 0 spiro atoms. The number of benzene rings is 1. The van der Waals surface area contributed by atoms with Crippen LogP contribution in [0.5, 0.6) is 0 Å². The molecule has 0 radical (unpaired) electrons. The van der Waals surface area contributed by atoms with Gasteiger partial charge in [0, 0.05) is 6.07 Å². The SMILES string of the molecule is Cc1ccc(N=O)c([N+](=O)[O-])c1. The second-order valence-corrected chi connectivity index (χ2v) is 2.34. The topological polar surface area (TPSA) is 72.6 Å². The van der Waals surface area contributed by atoms with Crippen LogP contribution in [0.3, 0.4) is 0 Å². The maximum atomic E-state index is 10.3. The molecule has 1 rings (SSSR count). The van der Waals surface area contributed by atoms with Crippen LogP contribution in [-0.4, -0.2) is 4.92 Å². The van der Waals surface area contributed by atoms with E-state index in [9.17, 15) is 15.0 Å². The van der Waals surface area contributed by atoms with Gasteiger partial charge in [0.05, 0.1) is 4.92 Å². The summed E-state index contributed by atoms with van der Waals surface area (Å²) in [5, 5.41) is 12.9. The lowest BCUT2D eigenvalue weighted by Gasteiger charge is -1.94. The number of nitroso groups, excluding NO2 is 1. The maximum absolute atomic E-state index is 10.3. The molecule has 0 amide bonds. The fourth-order valence-corrected chi connectivity index (χ4v) is 0.857. The first-order valence-electron chi connectivity index (χ1n) is 3.23. The summed E-state index contributed by atoms with van der Waals surface area (Å²) in [6, 6.07) is 4.25. The van der Waals surface area contributed by atoms with Crippen molar-refractivity contribution in [1.82, 2.24) is 0 Å². The quantitative estimate of drug-likeness (QED) is 0.384. The Balaban J connectivity index is 3.30. The summed E-state index contributed by atoms with van der Waals surface area (Å²) in [7, 11) is 0. The lowest BCUT2D eigenvalue weighted by Crippen LogP contribution is -1.88. The summed E-state index contributed by atoms with van der Waals surface area (Å²) in [6.07, 6.45) is 0. The fraction of sp³-hybridized carbons (Fsp3) is 0.143. The highest BCUT2D eigenvalue weighted by Gasteiger charge is 2.13. The van der Waals surface area contributed by atoms with Crippen LogP contribution in [0, 0.1) is 21.9 Å². The van der Waals surface area contributed by atoms with E-state index in [-0.39, 0.29) is 11.4 Å². The third-order valence-electron chi connectivity index (χ3n) is 1.43. The molecule has 12 heavy (non-hydrogen) atoms. The van der Waals surface area contributed by atoms with Crippen molar-refractivity contribution in [3.8, 4) is 0 Å². The molecule has 0 aliphatic heterocycles. The summed E-state index contributed by atoms with van der Waals surface area (Å²) in [5.74, 6) is 0. The molecule has 0 bridgehead atoms. The minimum absolute atomic E-state index is 0.134. The second kappa shape index (κ2) is 3.08. The van der Waals surface area contributed by atoms with Gasteiger partial charge in [0.1, 0.15) is 0 Å². The molecule has 0 atom stereocenters. The minimum atomic E-state index is -0.621. The van der Waals surface area contributed by atoms with Crippen LogP contribution >= 0.6 is 0 Å². The van der Waals surface area contributed by atoms with E-state index < -0.39 is 4.92 Å². The van der Waals surface area contributed by atoms with E-state index >= 15 is 0 Å². The van der Waals surface area contributed by atoms with Gasteiger partial charge in [-0.25, -0.2) is 0 Å². The standard InChI is InChI=1S/C7H6N2O3/c1-5-2-3-6(8-10)7(4-5)9(11)12/h2-4H,1H3. The maximum Gasteiger partial charge on any atom is 0.298 e. The zero-order chi connectivity index (χ0) is 9.14. The summed E-state index contributed by atoms with van der Waals surface area (Å²) in [5.41, 5.74) is 0.352. The van der Waals surface area contributed by atoms with Crippen LogP contribution < -0.4 is 0 Å². The first-order valence-corrected chi connectivity index (χ1v) is 3.23. The van der Waals surface area contributed by atoms with Crippen molar-refractivity contribution in [2.24, 2.45) is 5.18 Å². The summed E-state index contributed by atoms with van der Waals surface area (Å²) >= 11 is 0. The van der Waals surface area contributed by atoms with E-state index in [1.807, 2.05) is 0 Å². The van der Waals surface area contributed by atoms with E-state index in [1.165, 1.54) is 12.1 Å². The fourth-order valence-electron chi connectivity index (χ4n) is 0.857. The van der Waals surface area contributed by atoms with Gasteiger partial charge in [-0.3, -0.25) is 10.1 Å². The average molecular weight is 166 g/mol. The predicted octanol–water partition coefficient (Wildman–Crippen LogP) is 2.30. The Hall–Kier alpha value is -1.78. The number of rotatable bonds is 2. The highest BCUT2D eigenvalue weighted by atomic mass is 16.6. The molecule has 0 unspecified atom stereocenters. The third-order valence-corrected chi connectivity index (χ3v) is 1.43. The molecular formula is C7H6N2O3. The number of nitro benzene ring substituents is 1. The van der Waals surface area contributed by atoms with Crippen LogP contribution in [0.2, 0.25) is 0 Å². The first-order chi connectivity index (χ1) is 5.65. The summed E-state index contributed by atoms with van der Waals surface area (Å²) in [6.45, 7) is 1.71. The van der Waals surface area contributed by atoms with E-state index in [0.29, 0.717) is 0 Å². The van der Waals surface area contributed by atoms with Crippen molar-refractivity contribution < 1.29 is 4.92 Å². The van der Waals surface area contributed by atoms with E-state index in [2.05, 4.69) is 5.18 Å². The van der Waals surface area contributed by atoms with Crippen LogP contribution in [0.25, 0.3) is 0 Å². The molecule has 0 heterocycles. The minimum Gasteiger partial charge on any atom is -0.258 e. The Kier molecular flexibility index (Phi) is 2.14. The normalized spacial score (nSPS) is 9.42. The molecule has 0 aromatic heterocycles. The van der Waals surface area contributed by atoms with E-state index in [4.69, 9.17) is 0 Å². The highest BCUT2D eigenvalue weighted by molar-refractivity contribution is 5.58. The van der Waals surface area contributed by atoms with Crippen LogP contribution in [0.1, 0.15) is 5.56 Å². The number of hydrogen-bond acceptors (Lipinski definition) is 4. The molecule has 0 saturated carbocycles. The summed E-state index contributed by atoms with van der Waals surface area (Å²) < 4.78 is 0. The molecule has 0 N–H and O–H groups in total. The van der Waals surface area contributed by atoms with Gasteiger partial charge in [0.2, 0.25) is 0 Å². The molecule has 1 aromatic rings. The van der Waals surface area contributed by atoms with Crippen LogP contribution in [-0.2, 0) is 0 Å². The van der Waals surface area contributed by atoms with Gasteiger partial charge < -0.3 is 0 Å². The van der Waals surface area contributed by atoms with Gasteiger partial charge in [0.25, 0.3) is 5.69 Å². The van der Waals surface area contributed by atoms with Crippen LogP contribution in [0.15, 0.2) is 23.4 Å². The molecule has 5 nitrogen and oxygen atoms in total. The molecule has 0 saturated heterocycles. The lowest BCUT2D eigenvalue weighted by atomic mass is 10.2. The Labute approximate surface area is 68.1 Å². The van der Waals surface area contributed by atoms with Crippen LogP contribution in [0.4, 0.5) is 11.4 Å². The smallest absolute Gasteiger partial charge is 0.258 e. The molecule has 62 valence electrons. The Morgan fingerprint density at radius 2 is 2.17 bits per heavy atom. The zero-order valence-corrected chi connectivity index (χ0v) is 6.35. The summed E-state index contributed by atoms with van der Waals surface area (Å²) in [4.78, 5) is 19.8. The van der Waals surface area contributed by atoms with E-state index in [1.54, 1.807) is 13.0 Å². The third kappa shape index (κ3) is 1.45. The van der Waals surface area contributed by atoms with Crippen molar-refractivity contribution in [3.63, 3.8) is 0 Å². The van der Waals surface area contributed by atoms with Crippen molar-refractivity contribution >= 4 is 11.4 Å². The van der Waals surface area contributed by atoms with E-state index in [0.717, 1.165) is 5.56 Å². The molecular weight excluding hydrogens is 160 g/mol. The first kappa shape index (κ1) is 8.32. The molecule has 0 aliphatic rings. The van der Waals surface area contributed by atoms with Gasteiger partial charge >= 0.3 is 0 Å². The predicted molar refractivity (Wildman–Crippen MR) is 43.3 cm³/mol. The van der Waals surface area contributed by atoms with Crippen molar-refractivity contribution in [2.45, 2.75) is 6.92 Å².